The zero-order chi connectivity index (χ0) is 24.7. The molecule has 0 atom stereocenters. The molecule has 1 aliphatic heterocycles. The van der Waals surface area contributed by atoms with Gasteiger partial charge in [0.05, 0.1) is 29.6 Å². The zero-order valence-corrected chi connectivity index (χ0v) is 21.4. The summed E-state index contributed by atoms with van der Waals surface area (Å²) in [5, 5.41) is 12.1. The molecule has 0 aliphatic carbocycles. The highest BCUT2D eigenvalue weighted by atomic mass is 79.9. The van der Waals surface area contributed by atoms with E-state index in [2.05, 4.69) is 16.4 Å². The summed E-state index contributed by atoms with van der Waals surface area (Å²) in [6, 6.07) is 14.9. The summed E-state index contributed by atoms with van der Waals surface area (Å²) >= 11 is 0. The zero-order valence-electron chi connectivity index (χ0n) is 19.8. The number of nitro benzene ring substituents is 1. The molecule has 0 unspecified atom stereocenters. The van der Waals surface area contributed by atoms with Gasteiger partial charge in [-0.3, -0.25) is 19.7 Å². The summed E-state index contributed by atoms with van der Waals surface area (Å²) in [7, 11) is 1.98. The van der Waals surface area contributed by atoms with Gasteiger partial charge in [-0.05, 0) is 49.4 Å². The minimum atomic E-state index is -0.501. The van der Waals surface area contributed by atoms with Crippen LogP contribution < -0.4 is 31.3 Å². The second-order valence-corrected chi connectivity index (χ2v) is 8.48. The van der Waals surface area contributed by atoms with Crippen LogP contribution in [0.3, 0.4) is 0 Å². The Morgan fingerprint density at radius 3 is 2.31 bits per heavy atom. The van der Waals surface area contributed by atoms with Crippen LogP contribution in [0.2, 0.25) is 0 Å². The molecule has 1 aliphatic rings. The summed E-state index contributed by atoms with van der Waals surface area (Å²) in [4.78, 5) is 41.0. The van der Waals surface area contributed by atoms with Crippen molar-refractivity contribution in [1.82, 2.24) is 4.57 Å². The van der Waals surface area contributed by atoms with E-state index < -0.39 is 16.7 Å². The number of imide groups is 1. The van der Waals surface area contributed by atoms with Gasteiger partial charge >= 0.3 is 0 Å². The smallest absolute Gasteiger partial charge is 0.277 e. The van der Waals surface area contributed by atoms with Crippen molar-refractivity contribution < 1.29 is 36.1 Å². The van der Waals surface area contributed by atoms with Gasteiger partial charge in [-0.25, -0.2) is 14.0 Å². The number of rotatable bonds is 7. The predicted molar refractivity (Wildman–Crippen MR) is 132 cm³/mol. The summed E-state index contributed by atoms with van der Waals surface area (Å²) in [5.41, 5.74) is 1.87. The van der Waals surface area contributed by atoms with Crippen LogP contribution in [0, 0.1) is 10.1 Å². The number of non-ortho nitro benzene ring substituents is 1. The minimum absolute atomic E-state index is 0. The van der Waals surface area contributed by atoms with Crippen molar-refractivity contribution in [2.75, 3.05) is 22.9 Å². The van der Waals surface area contributed by atoms with Gasteiger partial charge in [0, 0.05) is 34.8 Å². The van der Waals surface area contributed by atoms with Crippen molar-refractivity contribution in [2.45, 2.75) is 13.5 Å². The molecule has 1 aromatic heterocycles. The number of nitrogens with zero attached hydrogens (tertiary/aromatic N) is 5. The third-order valence-electron chi connectivity index (χ3n) is 6.39. The van der Waals surface area contributed by atoms with Crippen LogP contribution in [0.4, 0.5) is 17.1 Å². The van der Waals surface area contributed by atoms with Crippen molar-refractivity contribution in [3.05, 3.63) is 94.6 Å². The van der Waals surface area contributed by atoms with Crippen LogP contribution in [0.1, 0.15) is 27.6 Å². The Morgan fingerprint density at radius 2 is 1.69 bits per heavy atom. The lowest BCUT2D eigenvalue weighted by Gasteiger charge is -2.28. The van der Waals surface area contributed by atoms with E-state index in [4.69, 9.17) is 0 Å². The summed E-state index contributed by atoms with van der Waals surface area (Å²) < 4.78 is 4.11. The number of anilines is 2. The third-order valence-corrected chi connectivity index (χ3v) is 6.39. The summed E-state index contributed by atoms with van der Waals surface area (Å²) in [5.74, 6) is -0.983. The number of carbonyl (C=O) groups is 2. The summed E-state index contributed by atoms with van der Waals surface area (Å²) in [6.07, 6.45) is 6.05. The Kier molecular flexibility index (Phi) is 6.89. The molecule has 0 bridgehead atoms. The van der Waals surface area contributed by atoms with Crippen LogP contribution in [0.5, 0.6) is 0 Å². The summed E-state index contributed by atoms with van der Waals surface area (Å²) in [6.45, 7) is 4.52. The fraction of sp³-hybridized carbons (Fsp3) is 0.192. The van der Waals surface area contributed by atoms with Gasteiger partial charge in [-0.1, -0.05) is 6.07 Å². The van der Waals surface area contributed by atoms with Gasteiger partial charge in [0.2, 0.25) is 6.33 Å². The van der Waals surface area contributed by atoms with E-state index in [1.165, 1.54) is 12.1 Å². The van der Waals surface area contributed by atoms with Crippen LogP contribution in [0.25, 0.3) is 10.8 Å². The molecule has 0 saturated carbocycles. The van der Waals surface area contributed by atoms with Crippen LogP contribution >= 0.6 is 0 Å². The van der Waals surface area contributed by atoms with Crippen molar-refractivity contribution in [2.24, 2.45) is 7.05 Å². The van der Waals surface area contributed by atoms with Crippen molar-refractivity contribution in [3.63, 3.8) is 0 Å². The first-order valence-electron chi connectivity index (χ1n) is 11.3. The van der Waals surface area contributed by atoms with E-state index >= 15 is 0 Å². The molecular formula is C26H24BrN5O4. The number of hydrogen-bond acceptors (Lipinski definition) is 5. The number of benzene rings is 3. The number of aryl methyl sites for hydroxylation is 1. The van der Waals surface area contributed by atoms with Gasteiger partial charge < -0.3 is 21.9 Å². The lowest BCUT2D eigenvalue weighted by Crippen LogP contribution is -3.00. The highest BCUT2D eigenvalue weighted by molar-refractivity contribution is 6.36. The molecule has 0 saturated heterocycles. The molecule has 2 amide bonds. The fourth-order valence-electron chi connectivity index (χ4n) is 4.63. The average molecular weight is 550 g/mol. The second-order valence-electron chi connectivity index (χ2n) is 8.48. The number of imidazole rings is 1. The number of halogens is 1. The van der Waals surface area contributed by atoms with E-state index in [1.54, 1.807) is 30.3 Å². The Morgan fingerprint density at radius 1 is 1.00 bits per heavy atom. The van der Waals surface area contributed by atoms with Gasteiger partial charge in [0.25, 0.3) is 17.5 Å². The molecule has 9 nitrogen and oxygen atoms in total. The van der Waals surface area contributed by atoms with Crippen LogP contribution in [-0.2, 0) is 13.6 Å². The van der Waals surface area contributed by atoms with E-state index in [9.17, 15) is 19.7 Å². The van der Waals surface area contributed by atoms with Crippen LogP contribution in [-0.4, -0.2) is 34.4 Å². The number of carbonyl (C=O) groups excluding carboxylic acids is 2. The molecule has 2 heterocycles. The molecule has 0 radical (unpaired) electrons. The topological polar surface area (TPSA) is 92.6 Å². The number of nitro groups is 1. The number of likely N-dealkylation sites (N-methyl/N-ethyl adjacent to an activating group) is 1. The van der Waals surface area contributed by atoms with E-state index in [0.717, 1.165) is 30.2 Å². The third kappa shape index (κ3) is 4.24. The first-order chi connectivity index (χ1) is 16.9. The van der Waals surface area contributed by atoms with Gasteiger partial charge in [0.15, 0.2) is 0 Å². The maximum atomic E-state index is 13.4. The number of aromatic nitrogens is 2. The lowest BCUT2D eigenvalue weighted by atomic mass is 9.92. The van der Waals surface area contributed by atoms with Crippen molar-refractivity contribution in [3.8, 4) is 0 Å². The Hall–Kier alpha value is -4.05. The van der Waals surface area contributed by atoms with E-state index in [1.807, 2.05) is 42.5 Å². The van der Waals surface area contributed by atoms with Crippen molar-refractivity contribution >= 4 is 39.6 Å². The molecular weight excluding hydrogens is 526 g/mol. The maximum Gasteiger partial charge on any atom is 0.277 e. The van der Waals surface area contributed by atoms with Crippen LogP contribution in [0.15, 0.2) is 73.3 Å². The van der Waals surface area contributed by atoms with Gasteiger partial charge in [0.1, 0.15) is 18.9 Å². The first-order valence-corrected chi connectivity index (χ1v) is 11.3. The highest BCUT2D eigenvalue weighted by Gasteiger charge is 2.35. The fourth-order valence-corrected chi connectivity index (χ4v) is 4.63. The Labute approximate surface area is 218 Å². The number of amides is 2. The van der Waals surface area contributed by atoms with E-state index in [0.29, 0.717) is 11.1 Å². The second kappa shape index (κ2) is 9.90. The van der Waals surface area contributed by atoms with Crippen molar-refractivity contribution in [1.29, 1.82) is 0 Å². The SMILES string of the molecule is CCN(CC[n+]1ccn(C)c1)c1ccc(N2C(=O)c3cccc4c([N+](=O)[O-])ccc(c34)C2=O)cc1.[Br-]. The lowest BCUT2D eigenvalue weighted by molar-refractivity contribution is -0.693. The normalized spacial score (nSPS) is 12.6. The quantitative estimate of drug-likeness (QED) is 0.146. The Bertz CT molecular complexity index is 1460. The molecule has 3 aromatic carbocycles. The number of hydrogen-bond donors (Lipinski definition) is 0. The minimum Gasteiger partial charge on any atom is -1.00 e. The molecule has 184 valence electrons. The monoisotopic (exact) mass is 549 g/mol. The molecule has 0 N–H and O–H groups in total. The molecule has 5 rings (SSSR count). The van der Waals surface area contributed by atoms with E-state index in [-0.39, 0.29) is 39.2 Å². The average Bonchev–Trinajstić information content (AvgIpc) is 3.28. The molecule has 10 heteroatoms. The standard InChI is InChI=1S/C26H24N5O4.BrH/c1-3-29(16-15-28-14-13-27(2)17-28)18-7-9-19(10-8-18)30-25(32)21-6-4-5-20-23(31(34)35)12-11-22(24(20)21)26(30)33;/h4-14,17H,3,15-16H2,1-2H3;1H/q+1;/p-1. The molecule has 0 spiro atoms. The first kappa shape index (κ1) is 25.1. The molecule has 36 heavy (non-hydrogen) atoms. The predicted octanol–water partition coefficient (Wildman–Crippen LogP) is 0.705. The highest BCUT2D eigenvalue weighted by Crippen LogP contribution is 2.37. The maximum absolute atomic E-state index is 13.4. The van der Waals surface area contributed by atoms with Gasteiger partial charge in [-0.2, -0.15) is 0 Å². The van der Waals surface area contributed by atoms with Gasteiger partial charge in [-0.15, -0.1) is 0 Å². The Balaban J connectivity index is 0.00000304. The molecule has 0 fully saturated rings. The molecule has 4 aromatic rings. The largest absolute Gasteiger partial charge is 1.00 e.